The number of hydrogen-bond donors (Lipinski definition) is 3. The molecule has 0 amide bonds. The van der Waals surface area contributed by atoms with Crippen molar-refractivity contribution < 1.29 is 0 Å². The van der Waals surface area contributed by atoms with Crippen LogP contribution < -0.4 is 16.5 Å². The van der Waals surface area contributed by atoms with Crippen molar-refractivity contribution in [3.63, 3.8) is 0 Å². The summed E-state index contributed by atoms with van der Waals surface area (Å²) >= 11 is 9.74. The van der Waals surface area contributed by atoms with Crippen LogP contribution in [0.3, 0.4) is 0 Å². The number of nitrogens with zero attached hydrogens (tertiary/aromatic N) is 1. The van der Waals surface area contributed by atoms with Gasteiger partial charge in [-0.3, -0.25) is 10.4 Å². The Morgan fingerprint density at radius 1 is 1.62 bits per heavy atom. The van der Waals surface area contributed by atoms with Gasteiger partial charge in [0.25, 0.3) is 0 Å². The van der Waals surface area contributed by atoms with Crippen LogP contribution in [0.25, 0.3) is 0 Å². The molecule has 0 aromatic rings. The number of nitrogens with one attached hydrogen (secondary N) is 2. The molecule has 6 heteroatoms. The summed E-state index contributed by atoms with van der Waals surface area (Å²) in [6.45, 7) is 5.54. The van der Waals surface area contributed by atoms with E-state index in [-0.39, 0.29) is 11.2 Å². The summed E-state index contributed by atoms with van der Waals surface area (Å²) in [5.41, 5.74) is 8.31. The quantitative estimate of drug-likeness (QED) is 0.348. The Bertz CT molecular complexity index is 217. The second kappa shape index (κ2) is 5.71. The molecule has 13 heavy (non-hydrogen) atoms. The summed E-state index contributed by atoms with van der Waals surface area (Å²) in [4.78, 5) is 0. The molecule has 4 N–H and O–H groups in total. The van der Waals surface area contributed by atoms with Crippen LogP contribution in [-0.4, -0.2) is 28.3 Å². The van der Waals surface area contributed by atoms with Crippen LogP contribution in [-0.2, 0) is 0 Å². The zero-order valence-electron chi connectivity index (χ0n) is 7.70. The predicted molar refractivity (Wildman–Crippen MR) is 63.1 cm³/mol. The first-order chi connectivity index (χ1) is 6.02. The van der Waals surface area contributed by atoms with Gasteiger partial charge in [0.15, 0.2) is 10.2 Å². The molecule has 0 radical (unpaired) electrons. The fourth-order valence-electron chi connectivity index (χ4n) is 0.628. The highest BCUT2D eigenvalue weighted by molar-refractivity contribution is 7.80. The highest BCUT2D eigenvalue weighted by Gasteiger charge is 2.12. The van der Waals surface area contributed by atoms with Gasteiger partial charge in [-0.25, -0.2) is 0 Å². The molecule has 0 fully saturated rings. The zero-order valence-corrected chi connectivity index (χ0v) is 9.34. The van der Waals surface area contributed by atoms with Crippen LogP contribution in [0.1, 0.15) is 6.92 Å². The largest absolute Gasteiger partial charge is 0.375 e. The van der Waals surface area contributed by atoms with E-state index in [2.05, 4.69) is 17.3 Å². The maximum absolute atomic E-state index is 5.48. The van der Waals surface area contributed by atoms with Crippen LogP contribution in [0.4, 0.5) is 0 Å². The predicted octanol–water partition coefficient (Wildman–Crippen LogP) is 0.115. The van der Waals surface area contributed by atoms with Crippen molar-refractivity contribution in [2.75, 3.05) is 7.05 Å². The number of nitrogens with two attached hydrogens (primary N) is 1. The molecule has 0 spiro atoms. The first kappa shape index (κ1) is 12.1. The van der Waals surface area contributed by atoms with Crippen LogP contribution >= 0.6 is 24.4 Å². The van der Waals surface area contributed by atoms with Gasteiger partial charge in [0.2, 0.25) is 0 Å². The first-order valence-electron chi connectivity index (χ1n) is 3.72. The Morgan fingerprint density at radius 2 is 2.15 bits per heavy atom. The Labute approximate surface area is 89.1 Å². The molecule has 0 saturated heterocycles. The minimum absolute atomic E-state index is 0.0104. The van der Waals surface area contributed by atoms with E-state index in [0.717, 1.165) is 0 Å². The summed E-state index contributed by atoms with van der Waals surface area (Å²) in [7, 11) is 1.71. The van der Waals surface area contributed by atoms with Gasteiger partial charge in [-0.15, -0.1) is 6.58 Å². The third-order valence-corrected chi connectivity index (χ3v) is 1.93. The lowest BCUT2D eigenvalue weighted by Crippen LogP contribution is -2.54. The van der Waals surface area contributed by atoms with Gasteiger partial charge in [0.1, 0.15) is 0 Å². The minimum Gasteiger partial charge on any atom is -0.375 e. The van der Waals surface area contributed by atoms with E-state index < -0.39 is 0 Å². The maximum atomic E-state index is 5.48. The first-order valence-corrected chi connectivity index (χ1v) is 4.54. The van der Waals surface area contributed by atoms with Gasteiger partial charge in [0.05, 0.1) is 6.04 Å². The van der Waals surface area contributed by atoms with E-state index in [0.29, 0.717) is 5.11 Å². The second-order valence-electron chi connectivity index (χ2n) is 2.38. The van der Waals surface area contributed by atoms with Crippen molar-refractivity contribution in [1.82, 2.24) is 15.8 Å². The van der Waals surface area contributed by atoms with E-state index in [1.54, 1.807) is 18.1 Å². The topological polar surface area (TPSA) is 53.3 Å². The Morgan fingerprint density at radius 3 is 2.46 bits per heavy atom. The summed E-state index contributed by atoms with van der Waals surface area (Å²) in [5.74, 6) is 0. The van der Waals surface area contributed by atoms with Crippen molar-refractivity contribution in [3.8, 4) is 0 Å². The van der Waals surface area contributed by atoms with Gasteiger partial charge >= 0.3 is 0 Å². The lowest BCUT2D eigenvalue weighted by Gasteiger charge is -2.28. The molecule has 0 saturated carbocycles. The molecular formula is C7H14N4S2. The number of thiocarbonyl (C=S) groups is 2. The van der Waals surface area contributed by atoms with Crippen LogP contribution in [0.2, 0.25) is 0 Å². The highest BCUT2D eigenvalue weighted by Crippen LogP contribution is 1.95. The van der Waals surface area contributed by atoms with Crippen molar-refractivity contribution in [3.05, 3.63) is 12.7 Å². The molecule has 0 rings (SSSR count). The molecule has 1 unspecified atom stereocenters. The molecule has 0 aromatic heterocycles. The van der Waals surface area contributed by atoms with E-state index >= 15 is 0 Å². The van der Waals surface area contributed by atoms with Gasteiger partial charge in [-0.1, -0.05) is 6.08 Å². The molecule has 0 heterocycles. The van der Waals surface area contributed by atoms with Gasteiger partial charge in [0, 0.05) is 7.05 Å². The highest BCUT2D eigenvalue weighted by atomic mass is 32.1. The normalized spacial score (nSPS) is 11.2. The van der Waals surface area contributed by atoms with E-state index in [4.69, 9.17) is 30.2 Å². The summed E-state index contributed by atoms with van der Waals surface area (Å²) in [6.07, 6.45) is 1.71. The molecule has 0 bridgehead atoms. The standard InChI is InChI=1S/C7H14N4S2/c1-4-5(2)11(6(8)12)10-7(13)9-3/h4-5H,1H2,2-3H3,(H2,8,12)(H2,9,10,13). The van der Waals surface area contributed by atoms with Crippen LogP contribution in [0, 0.1) is 0 Å². The number of hydrazine groups is 1. The van der Waals surface area contributed by atoms with Crippen molar-refractivity contribution in [1.29, 1.82) is 0 Å². The Balaban J connectivity index is 4.34. The van der Waals surface area contributed by atoms with E-state index in [1.807, 2.05) is 6.92 Å². The average Bonchev–Trinajstić information content (AvgIpc) is 2.11. The molecule has 0 aromatic carbocycles. The monoisotopic (exact) mass is 218 g/mol. The summed E-state index contributed by atoms with van der Waals surface area (Å²) in [6, 6.07) is -0.0104. The fraction of sp³-hybridized carbons (Fsp3) is 0.429. The molecule has 0 aliphatic carbocycles. The van der Waals surface area contributed by atoms with Gasteiger partial charge < -0.3 is 11.1 Å². The molecule has 0 aliphatic rings. The molecule has 0 aliphatic heterocycles. The Kier molecular flexibility index (Phi) is 5.33. The summed E-state index contributed by atoms with van der Waals surface area (Å²) in [5, 5.41) is 5.00. The molecule has 4 nitrogen and oxygen atoms in total. The van der Waals surface area contributed by atoms with E-state index in [1.165, 1.54) is 0 Å². The smallest absolute Gasteiger partial charge is 0.185 e. The van der Waals surface area contributed by atoms with Crippen molar-refractivity contribution in [2.45, 2.75) is 13.0 Å². The Hall–Kier alpha value is -0.880. The molecular weight excluding hydrogens is 204 g/mol. The average molecular weight is 218 g/mol. The fourth-order valence-corrected chi connectivity index (χ4v) is 0.939. The van der Waals surface area contributed by atoms with Crippen molar-refractivity contribution >= 4 is 34.7 Å². The zero-order chi connectivity index (χ0) is 10.4. The lowest BCUT2D eigenvalue weighted by atomic mass is 10.3. The minimum atomic E-state index is -0.0104. The van der Waals surface area contributed by atoms with Gasteiger partial charge in [-0.05, 0) is 31.4 Å². The van der Waals surface area contributed by atoms with Crippen LogP contribution in [0.5, 0.6) is 0 Å². The van der Waals surface area contributed by atoms with Gasteiger partial charge in [-0.2, -0.15) is 0 Å². The number of rotatable bonds is 2. The van der Waals surface area contributed by atoms with Crippen LogP contribution in [0.15, 0.2) is 12.7 Å². The second-order valence-corrected chi connectivity index (χ2v) is 3.20. The molecule has 74 valence electrons. The SMILES string of the molecule is C=CC(C)N(NC(=S)NC)C(N)=S. The molecule has 1 atom stereocenters. The third-order valence-electron chi connectivity index (χ3n) is 1.43. The van der Waals surface area contributed by atoms with E-state index in [9.17, 15) is 0 Å². The summed E-state index contributed by atoms with van der Waals surface area (Å²) < 4.78 is 0. The third kappa shape index (κ3) is 4.05. The number of hydrogen-bond acceptors (Lipinski definition) is 2. The lowest BCUT2D eigenvalue weighted by molar-refractivity contribution is 0.338. The van der Waals surface area contributed by atoms with Crippen molar-refractivity contribution in [2.24, 2.45) is 5.73 Å². The maximum Gasteiger partial charge on any atom is 0.185 e.